The van der Waals surface area contributed by atoms with Crippen molar-refractivity contribution >= 4 is 33.3 Å². The highest BCUT2D eigenvalue weighted by Gasteiger charge is 2.25. The van der Waals surface area contributed by atoms with Gasteiger partial charge in [0.25, 0.3) is 5.91 Å². The van der Waals surface area contributed by atoms with E-state index in [1.54, 1.807) is 0 Å². The summed E-state index contributed by atoms with van der Waals surface area (Å²) in [5.41, 5.74) is 3.64. The number of pyridine rings is 1. The molecule has 1 aliphatic heterocycles. The molecular formula is C18H19N5OS. The molecule has 1 amide bonds. The second kappa shape index (κ2) is 6.50. The number of nitrogens with zero attached hydrogens (tertiary/aromatic N) is 4. The van der Waals surface area contributed by atoms with Crippen LogP contribution >= 0.6 is 11.3 Å². The minimum absolute atomic E-state index is 0.135. The Bertz CT molecular complexity index is 952. The smallest absolute Gasteiger partial charge is 0.258 e. The highest BCUT2D eigenvalue weighted by Crippen LogP contribution is 2.29. The van der Waals surface area contributed by atoms with E-state index in [1.807, 2.05) is 31.2 Å². The summed E-state index contributed by atoms with van der Waals surface area (Å²) < 4.78 is 0. The van der Waals surface area contributed by atoms with Crippen molar-refractivity contribution in [2.24, 2.45) is 0 Å². The van der Waals surface area contributed by atoms with Gasteiger partial charge in [-0.25, -0.2) is 0 Å². The molecule has 0 bridgehead atoms. The van der Waals surface area contributed by atoms with Gasteiger partial charge in [0.15, 0.2) is 0 Å². The Morgan fingerprint density at radius 1 is 1.32 bits per heavy atom. The average Bonchev–Trinajstić information content (AvgIpc) is 3.03. The van der Waals surface area contributed by atoms with Gasteiger partial charge in [-0.1, -0.05) is 36.5 Å². The van der Waals surface area contributed by atoms with Crippen LogP contribution in [0.5, 0.6) is 0 Å². The first-order valence-corrected chi connectivity index (χ1v) is 9.21. The van der Waals surface area contributed by atoms with Gasteiger partial charge in [-0.15, -0.1) is 10.2 Å². The van der Waals surface area contributed by atoms with E-state index in [-0.39, 0.29) is 5.91 Å². The molecule has 0 atom stereocenters. The maximum absolute atomic E-state index is 13.1. The van der Waals surface area contributed by atoms with Crippen LogP contribution < -0.4 is 5.32 Å². The number of anilines is 1. The van der Waals surface area contributed by atoms with E-state index in [9.17, 15) is 4.79 Å². The first-order valence-electron chi connectivity index (χ1n) is 8.40. The molecule has 7 heteroatoms. The molecule has 128 valence electrons. The number of hydrogen-bond acceptors (Lipinski definition) is 6. The topological polar surface area (TPSA) is 71.0 Å². The Labute approximate surface area is 149 Å². The second-order valence-corrected chi connectivity index (χ2v) is 7.31. The Morgan fingerprint density at radius 2 is 2.16 bits per heavy atom. The third-order valence-corrected chi connectivity index (χ3v) is 5.30. The number of carbonyl (C=O) groups excluding carboxylic acids is 1. The Balaban J connectivity index is 1.83. The van der Waals surface area contributed by atoms with Gasteiger partial charge < -0.3 is 0 Å². The number of likely N-dealkylation sites (N-methyl/N-ethyl adjacent to an activating group) is 1. The van der Waals surface area contributed by atoms with E-state index >= 15 is 0 Å². The first-order chi connectivity index (χ1) is 12.2. The Morgan fingerprint density at radius 3 is 2.92 bits per heavy atom. The van der Waals surface area contributed by atoms with Crippen molar-refractivity contribution in [3.05, 3.63) is 46.1 Å². The van der Waals surface area contributed by atoms with E-state index in [4.69, 9.17) is 4.98 Å². The molecule has 2 aromatic heterocycles. The molecule has 0 radical (unpaired) electrons. The lowest BCUT2D eigenvalue weighted by Crippen LogP contribution is -2.33. The summed E-state index contributed by atoms with van der Waals surface area (Å²) in [6.07, 6.45) is 0.867. The normalized spacial score (nSPS) is 14.5. The quantitative estimate of drug-likeness (QED) is 0.784. The van der Waals surface area contributed by atoms with Crippen molar-refractivity contribution in [1.82, 2.24) is 20.1 Å². The van der Waals surface area contributed by atoms with E-state index < -0.39 is 0 Å². The third kappa shape index (κ3) is 3.01. The van der Waals surface area contributed by atoms with Crippen LogP contribution in [0.2, 0.25) is 0 Å². The van der Waals surface area contributed by atoms with Crippen LogP contribution in [0.3, 0.4) is 0 Å². The Hall–Kier alpha value is -2.38. The molecule has 4 rings (SSSR count). The third-order valence-electron chi connectivity index (χ3n) is 4.55. The van der Waals surface area contributed by atoms with Crippen molar-refractivity contribution in [3.8, 4) is 0 Å². The summed E-state index contributed by atoms with van der Waals surface area (Å²) in [5.74, 6) is -0.135. The van der Waals surface area contributed by atoms with Crippen LogP contribution in [0.1, 0.15) is 33.5 Å². The van der Waals surface area contributed by atoms with Crippen molar-refractivity contribution in [2.45, 2.75) is 26.8 Å². The number of nitrogens with one attached hydrogen (secondary N) is 1. The monoisotopic (exact) mass is 353 g/mol. The number of rotatable bonds is 3. The van der Waals surface area contributed by atoms with Crippen molar-refractivity contribution in [1.29, 1.82) is 0 Å². The molecular weight excluding hydrogens is 334 g/mol. The Kier molecular flexibility index (Phi) is 4.19. The SMILES string of the molecule is CCN1CCc2nc3ccccc3c(C(=O)Nc3nnc(C)s3)c2C1. The highest BCUT2D eigenvalue weighted by atomic mass is 32.1. The standard InChI is InChI=1S/C18H19N5OS/c1-3-23-9-8-15-13(10-23)16(12-6-4-5-7-14(12)19-15)17(24)20-18-22-21-11(2)25-18/h4-7H,3,8-10H2,1-2H3,(H,20,22,24). The molecule has 3 heterocycles. The molecule has 1 aliphatic rings. The molecule has 1 aromatic carbocycles. The fraction of sp³-hybridized carbons (Fsp3) is 0.333. The molecule has 6 nitrogen and oxygen atoms in total. The van der Waals surface area contributed by atoms with Gasteiger partial charge >= 0.3 is 0 Å². The van der Waals surface area contributed by atoms with E-state index in [0.717, 1.165) is 53.2 Å². The van der Waals surface area contributed by atoms with Crippen LogP contribution in [-0.2, 0) is 13.0 Å². The molecule has 0 fully saturated rings. The van der Waals surface area contributed by atoms with Gasteiger partial charge in [-0.2, -0.15) is 0 Å². The molecule has 0 saturated carbocycles. The van der Waals surface area contributed by atoms with Gasteiger partial charge in [-0.3, -0.25) is 20.0 Å². The zero-order valence-corrected chi connectivity index (χ0v) is 15.1. The van der Waals surface area contributed by atoms with Crippen molar-refractivity contribution < 1.29 is 4.79 Å². The summed E-state index contributed by atoms with van der Waals surface area (Å²) in [4.78, 5) is 20.2. The number of benzene rings is 1. The average molecular weight is 353 g/mol. The maximum Gasteiger partial charge on any atom is 0.258 e. The van der Waals surface area contributed by atoms with Crippen LogP contribution in [0.25, 0.3) is 10.9 Å². The van der Waals surface area contributed by atoms with E-state index in [0.29, 0.717) is 10.7 Å². The predicted octanol–water partition coefficient (Wildman–Crippen LogP) is 3.03. The maximum atomic E-state index is 13.1. The first kappa shape index (κ1) is 16.1. The summed E-state index contributed by atoms with van der Waals surface area (Å²) in [5, 5.41) is 13.1. The van der Waals surface area contributed by atoms with E-state index in [1.165, 1.54) is 11.3 Å². The van der Waals surface area contributed by atoms with Crippen molar-refractivity contribution in [3.63, 3.8) is 0 Å². The number of amides is 1. The summed E-state index contributed by atoms with van der Waals surface area (Å²) >= 11 is 1.38. The molecule has 25 heavy (non-hydrogen) atoms. The molecule has 0 aliphatic carbocycles. The predicted molar refractivity (Wildman–Crippen MR) is 99.0 cm³/mol. The number of para-hydroxylation sites is 1. The number of carbonyl (C=O) groups is 1. The number of hydrogen-bond donors (Lipinski definition) is 1. The highest BCUT2D eigenvalue weighted by molar-refractivity contribution is 7.15. The fourth-order valence-corrected chi connectivity index (χ4v) is 3.87. The minimum atomic E-state index is -0.135. The summed E-state index contributed by atoms with van der Waals surface area (Å²) in [7, 11) is 0. The zero-order chi connectivity index (χ0) is 17.4. The van der Waals surface area contributed by atoms with Crippen LogP contribution in [0.4, 0.5) is 5.13 Å². The van der Waals surface area contributed by atoms with Gasteiger partial charge in [0, 0.05) is 36.2 Å². The number of aromatic nitrogens is 3. The molecule has 3 aromatic rings. The molecule has 1 N–H and O–H groups in total. The number of aryl methyl sites for hydroxylation is 1. The van der Waals surface area contributed by atoms with E-state index in [2.05, 4.69) is 27.3 Å². The summed E-state index contributed by atoms with van der Waals surface area (Å²) in [6.45, 7) is 6.70. The zero-order valence-electron chi connectivity index (χ0n) is 14.2. The fourth-order valence-electron chi connectivity index (χ4n) is 3.28. The van der Waals surface area contributed by atoms with Gasteiger partial charge in [0.05, 0.1) is 11.1 Å². The minimum Gasteiger partial charge on any atom is -0.299 e. The largest absolute Gasteiger partial charge is 0.299 e. The van der Waals surface area contributed by atoms with Crippen LogP contribution in [-0.4, -0.2) is 39.1 Å². The lowest BCUT2D eigenvalue weighted by atomic mass is 9.95. The van der Waals surface area contributed by atoms with Gasteiger partial charge in [0.2, 0.25) is 5.13 Å². The van der Waals surface area contributed by atoms with Crippen LogP contribution in [0.15, 0.2) is 24.3 Å². The van der Waals surface area contributed by atoms with Crippen molar-refractivity contribution in [2.75, 3.05) is 18.4 Å². The van der Waals surface area contributed by atoms with Gasteiger partial charge in [-0.05, 0) is 19.5 Å². The lowest BCUT2D eigenvalue weighted by molar-refractivity contribution is 0.102. The second-order valence-electron chi connectivity index (χ2n) is 6.13. The number of fused-ring (bicyclic) bond motifs is 2. The lowest BCUT2D eigenvalue weighted by Gasteiger charge is -2.29. The molecule has 0 unspecified atom stereocenters. The molecule has 0 spiro atoms. The molecule has 0 saturated heterocycles. The van der Waals surface area contributed by atoms with Crippen LogP contribution in [0, 0.1) is 6.92 Å². The summed E-state index contributed by atoms with van der Waals surface area (Å²) in [6, 6.07) is 7.84. The van der Waals surface area contributed by atoms with Gasteiger partial charge in [0.1, 0.15) is 5.01 Å².